The molecule has 0 aromatic carbocycles. The van der Waals surface area contributed by atoms with Crippen LogP contribution in [0.2, 0.25) is 0 Å². The SMILES string of the molecule is CC(C)CC1C(=O)NC(=O)CC1c1cncc(Br)c1. The molecule has 1 aliphatic heterocycles. The second-order valence-corrected chi connectivity index (χ2v) is 6.31. The summed E-state index contributed by atoms with van der Waals surface area (Å²) in [6.07, 6.45) is 4.57. The maximum Gasteiger partial charge on any atom is 0.230 e. The summed E-state index contributed by atoms with van der Waals surface area (Å²) in [5.74, 6) is -0.182. The van der Waals surface area contributed by atoms with Crippen LogP contribution in [-0.4, -0.2) is 16.8 Å². The van der Waals surface area contributed by atoms with Crippen LogP contribution in [0.15, 0.2) is 22.9 Å². The average Bonchev–Trinajstić information content (AvgIpc) is 2.32. The lowest BCUT2D eigenvalue weighted by Gasteiger charge is -2.31. The molecule has 1 aromatic heterocycles. The van der Waals surface area contributed by atoms with Crippen LogP contribution in [0.1, 0.15) is 38.2 Å². The average molecular weight is 325 g/mol. The molecule has 1 aromatic rings. The zero-order chi connectivity index (χ0) is 14.0. The third kappa shape index (κ3) is 3.41. The molecular weight excluding hydrogens is 308 g/mol. The topological polar surface area (TPSA) is 59.1 Å². The van der Waals surface area contributed by atoms with Crippen LogP contribution in [0.5, 0.6) is 0 Å². The Kier molecular flexibility index (Phi) is 4.34. The Bertz CT molecular complexity index is 502. The van der Waals surface area contributed by atoms with E-state index in [-0.39, 0.29) is 23.7 Å². The Morgan fingerprint density at radius 3 is 2.79 bits per heavy atom. The summed E-state index contributed by atoms with van der Waals surface area (Å²) in [6, 6.07) is 1.94. The summed E-state index contributed by atoms with van der Waals surface area (Å²) in [5, 5.41) is 2.44. The molecule has 2 heterocycles. The monoisotopic (exact) mass is 324 g/mol. The Hall–Kier alpha value is -1.23. The lowest BCUT2D eigenvalue weighted by Crippen LogP contribution is -2.45. The molecule has 0 aliphatic carbocycles. The number of imide groups is 1. The zero-order valence-electron chi connectivity index (χ0n) is 11.0. The first kappa shape index (κ1) is 14.2. The van der Waals surface area contributed by atoms with Crippen molar-refractivity contribution in [2.24, 2.45) is 11.8 Å². The third-order valence-corrected chi connectivity index (χ3v) is 3.80. The second kappa shape index (κ2) is 5.82. The van der Waals surface area contributed by atoms with Gasteiger partial charge < -0.3 is 0 Å². The van der Waals surface area contributed by atoms with Gasteiger partial charge in [0.25, 0.3) is 0 Å². The van der Waals surface area contributed by atoms with Crippen molar-refractivity contribution < 1.29 is 9.59 Å². The number of hydrogen-bond donors (Lipinski definition) is 1. The normalized spacial score (nSPS) is 23.6. The van der Waals surface area contributed by atoms with Gasteiger partial charge in [0, 0.05) is 35.1 Å². The van der Waals surface area contributed by atoms with E-state index in [1.54, 1.807) is 12.4 Å². The number of amides is 2. The zero-order valence-corrected chi connectivity index (χ0v) is 12.6. The summed E-state index contributed by atoms with van der Waals surface area (Å²) < 4.78 is 0.867. The molecule has 19 heavy (non-hydrogen) atoms. The molecule has 0 radical (unpaired) electrons. The van der Waals surface area contributed by atoms with E-state index in [4.69, 9.17) is 0 Å². The molecule has 2 atom stereocenters. The fraction of sp³-hybridized carbons (Fsp3) is 0.500. The molecule has 2 rings (SSSR count). The van der Waals surface area contributed by atoms with Gasteiger partial charge in [-0.2, -0.15) is 0 Å². The molecule has 4 nitrogen and oxygen atoms in total. The Morgan fingerprint density at radius 2 is 2.16 bits per heavy atom. The van der Waals surface area contributed by atoms with Crippen molar-refractivity contribution in [1.29, 1.82) is 0 Å². The van der Waals surface area contributed by atoms with E-state index in [1.165, 1.54) is 0 Å². The van der Waals surface area contributed by atoms with Gasteiger partial charge in [0.15, 0.2) is 0 Å². The van der Waals surface area contributed by atoms with Crippen LogP contribution in [0, 0.1) is 11.8 Å². The highest BCUT2D eigenvalue weighted by Crippen LogP contribution is 2.35. The number of pyridine rings is 1. The van der Waals surface area contributed by atoms with E-state index >= 15 is 0 Å². The van der Waals surface area contributed by atoms with Crippen LogP contribution in [0.3, 0.4) is 0 Å². The summed E-state index contributed by atoms with van der Waals surface area (Å²) in [7, 11) is 0. The second-order valence-electron chi connectivity index (χ2n) is 5.40. The van der Waals surface area contributed by atoms with Crippen molar-refractivity contribution in [3.8, 4) is 0 Å². The number of nitrogens with zero attached hydrogens (tertiary/aromatic N) is 1. The van der Waals surface area contributed by atoms with Crippen LogP contribution >= 0.6 is 15.9 Å². The van der Waals surface area contributed by atoms with Crippen molar-refractivity contribution in [2.75, 3.05) is 0 Å². The molecule has 1 fully saturated rings. The summed E-state index contributed by atoms with van der Waals surface area (Å²) in [5.41, 5.74) is 0.947. The molecule has 1 N–H and O–H groups in total. The van der Waals surface area contributed by atoms with E-state index in [1.807, 2.05) is 6.07 Å². The number of aromatic nitrogens is 1. The van der Waals surface area contributed by atoms with E-state index in [0.29, 0.717) is 12.3 Å². The standard InChI is InChI=1S/C14H17BrN2O2/c1-8(2)3-12-11(5-13(18)17-14(12)19)9-4-10(15)7-16-6-9/h4,6-8,11-12H,3,5H2,1-2H3,(H,17,18,19). The number of rotatable bonds is 3. The van der Waals surface area contributed by atoms with Crippen molar-refractivity contribution >= 4 is 27.7 Å². The van der Waals surface area contributed by atoms with Crippen LogP contribution in [-0.2, 0) is 9.59 Å². The number of carbonyl (C=O) groups is 2. The highest BCUT2D eigenvalue weighted by molar-refractivity contribution is 9.10. The van der Waals surface area contributed by atoms with Gasteiger partial charge in [0.1, 0.15) is 0 Å². The maximum absolute atomic E-state index is 12.0. The molecule has 0 bridgehead atoms. The largest absolute Gasteiger partial charge is 0.296 e. The van der Waals surface area contributed by atoms with E-state index in [9.17, 15) is 9.59 Å². The Balaban J connectivity index is 2.32. The third-order valence-electron chi connectivity index (χ3n) is 3.37. The molecule has 2 unspecified atom stereocenters. The molecule has 5 heteroatoms. The van der Waals surface area contributed by atoms with E-state index in [2.05, 4.69) is 40.1 Å². The van der Waals surface area contributed by atoms with Gasteiger partial charge in [-0.25, -0.2) is 0 Å². The predicted molar refractivity (Wildman–Crippen MR) is 75.4 cm³/mol. The number of hydrogen-bond acceptors (Lipinski definition) is 3. The van der Waals surface area contributed by atoms with Crippen LogP contribution in [0.4, 0.5) is 0 Å². The van der Waals surface area contributed by atoms with Crippen molar-refractivity contribution in [1.82, 2.24) is 10.3 Å². The Labute approximate surface area is 121 Å². The van der Waals surface area contributed by atoms with Crippen LogP contribution < -0.4 is 5.32 Å². The molecule has 1 saturated heterocycles. The fourth-order valence-electron chi connectivity index (χ4n) is 2.57. The predicted octanol–water partition coefficient (Wildman–Crippen LogP) is 2.64. The minimum Gasteiger partial charge on any atom is -0.296 e. The smallest absolute Gasteiger partial charge is 0.230 e. The summed E-state index contributed by atoms with van der Waals surface area (Å²) in [4.78, 5) is 27.8. The quantitative estimate of drug-likeness (QED) is 0.869. The summed E-state index contributed by atoms with van der Waals surface area (Å²) in [6.45, 7) is 4.17. The Morgan fingerprint density at radius 1 is 1.42 bits per heavy atom. The molecule has 0 spiro atoms. The molecule has 2 amide bonds. The van der Waals surface area contributed by atoms with Gasteiger partial charge in [0.05, 0.1) is 0 Å². The molecule has 102 valence electrons. The lowest BCUT2D eigenvalue weighted by molar-refractivity contribution is -0.137. The van der Waals surface area contributed by atoms with E-state index in [0.717, 1.165) is 16.5 Å². The van der Waals surface area contributed by atoms with Crippen molar-refractivity contribution in [2.45, 2.75) is 32.6 Å². The molecule has 1 aliphatic rings. The molecular formula is C14H17BrN2O2. The molecule has 0 saturated carbocycles. The lowest BCUT2D eigenvalue weighted by atomic mass is 9.77. The first-order chi connectivity index (χ1) is 8.97. The van der Waals surface area contributed by atoms with Crippen molar-refractivity contribution in [3.63, 3.8) is 0 Å². The van der Waals surface area contributed by atoms with Gasteiger partial charge in [0.2, 0.25) is 11.8 Å². The fourth-order valence-corrected chi connectivity index (χ4v) is 2.95. The minimum absolute atomic E-state index is 0.0753. The number of nitrogens with one attached hydrogen (secondary N) is 1. The van der Waals surface area contributed by atoms with Gasteiger partial charge in [-0.15, -0.1) is 0 Å². The highest BCUT2D eigenvalue weighted by atomic mass is 79.9. The maximum atomic E-state index is 12.0. The van der Waals surface area contributed by atoms with E-state index < -0.39 is 0 Å². The minimum atomic E-state index is -0.199. The number of halogens is 1. The van der Waals surface area contributed by atoms with Crippen LogP contribution in [0.25, 0.3) is 0 Å². The summed E-state index contributed by atoms with van der Waals surface area (Å²) >= 11 is 3.38. The van der Waals surface area contributed by atoms with Gasteiger partial charge in [-0.3, -0.25) is 19.9 Å². The highest BCUT2D eigenvalue weighted by Gasteiger charge is 2.37. The first-order valence-electron chi connectivity index (χ1n) is 6.41. The number of carbonyl (C=O) groups excluding carboxylic acids is 2. The first-order valence-corrected chi connectivity index (χ1v) is 7.21. The van der Waals surface area contributed by atoms with Crippen molar-refractivity contribution in [3.05, 3.63) is 28.5 Å². The number of piperidine rings is 1. The van der Waals surface area contributed by atoms with Gasteiger partial charge in [-0.1, -0.05) is 13.8 Å². The van der Waals surface area contributed by atoms with Gasteiger partial charge in [-0.05, 0) is 39.9 Å². The van der Waals surface area contributed by atoms with Gasteiger partial charge >= 0.3 is 0 Å².